The van der Waals surface area contributed by atoms with Crippen LogP contribution in [-0.4, -0.2) is 35.3 Å². The molecule has 0 aromatic carbocycles. The molecule has 0 saturated carbocycles. The van der Waals surface area contributed by atoms with Crippen molar-refractivity contribution in [3.8, 4) is 0 Å². The second-order valence-corrected chi connectivity index (χ2v) is 3.42. The summed E-state index contributed by atoms with van der Waals surface area (Å²) in [6.45, 7) is 0.417. The van der Waals surface area contributed by atoms with Gasteiger partial charge in [-0.15, -0.1) is 0 Å². The zero-order valence-corrected chi connectivity index (χ0v) is 8.14. The molecule has 0 aromatic heterocycles. The third-order valence-corrected chi connectivity index (χ3v) is 2.47. The zero-order chi connectivity index (χ0) is 10.8. The number of rotatable bonds is 2. The summed E-state index contributed by atoms with van der Waals surface area (Å²) in [5.74, 6) is -0.630. The van der Waals surface area contributed by atoms with E-state index in [0.717, 1.165) is 0 Å². The van der Waals surface area contributed by atoms with Gasteiger partial charge in [0, 0.05) is 17.8 Å². The third kappa shape index (κ3) is 1.62. The topological polar surface area (TPSA) is 66.8 Å². The van der Waals surface area contributed by atoms with Crippen LogP contribution < -0.4 is 0 Å². The average molecular weight is 208 g/mol. The Labute approximate surface area is 87.2 Å². The lowest BCUT2D eigenvalue weighted by Crippen LogP contribution is -2.19. The van der Waals surface area contributed by atoms with Crippen molar-refractivity contribution in [3.05, 3.63) is 35.1 Å². The molecule has 1 unspecified atom stereocenters. The number of allylic oxidation sites excluding steroid dienone is 1. The Morgan fingerprint density at radius 3 is 3.13 bits per heavy atom. The fourth-order valence-electron chi connectivity index (χ4n) is 1.77. The minimum absolute atomic E-state index is 0.0184. The predicted octanol–water partition coefficient (Wildman–Crippen LogP) is 0.645. The van der Waals surface area contributed by atoms with Gasteiger partial charge >= 0.3 is 0 Å². The van der Waals surface area contributed by atoms with Gasteiger partial charge in [0.25, 0.3) is 0 Å². The molecule has 1 heterocycles. The summed E-state index contributed by atoms with van der Waals surface area (Å²) in [5, 5.41) is 18.2. The van der Waals surface area contributed by atoms with E-state index in [-0.39, 0.29) is 12.4 Å². The van der Waals surface area contributed by atoms with E-state index < -0.39 is 11.9 Å². The van der Waals surface area contributed by atoms with Crippen molar-refractivity contribution in [2.24, 2.45) is 0 Å². The highest BCUT2D eigenvalue weighted by Gasteiger charge is 2.37. The number of fused-ring (bicyclic) bond motifs is 1. The first-order chi connectivity index (χ1) is 7.25. The van der Waals surface area contributed by atoms with Crippen molar-refractivity contribution >= 4 is 5.78 Å². The van der Waals surface area contributed by atoms with Crippen LogP contribution in [0.5, 0.6) is 0 Å². The van der Waals surface area contributed by atoms with Crippen LogP contribution in [0.4, 0.5) is 0 Å². The quantitative estimate of drug-likeness (QED) is 0.654. The molecule has 1 aliphatic carbocycles. The van der Waals surface area contributed by atoms with Crippen LogP contribution in [0.15, 0.2) is 35.1 Å². The number of aliphatic hydroxyl groups is 2. The number of Topliss-reactive ketones (excluding diaryl/α,β-unsaturated/α-hetero) is 1. The van der Waals surface area contributed by atoms with Crippen molar-refractivity contribution in [1.29, 1.82) is 0 Å². The third-order valence-electron chi connectivity index (χ3n) is 2.47. The fourth-order valence-corrected chi connectivity index (χ4v) is 1.77. The lowest BCUT2D eigenvalue weighted by molar-refractivity contribution is -0.114. The van der Waals surface area contributed by atoms with Crippen molar-refractivity contribution in [2.45, 2.75) is 12.5 Å². The van der Waals surface area contributed by atoms with E-state index in [1.54, 1.807) is 18.2 Å². The largest absolute Gasteiger partial charge is 0.504 e. The number of hydrogen-bond donors (Lipinski definition) is 2. The average Bonchev–Trinajstić information content (AvgIpc) is 2.51. The van der Waals surface area contributed by atoms with Gasteiger partial charge in [-0.1, -0.05) is 18.2 Å². The molecule has 4 heteroatoms. The first kappa shape index (κ1) is 10.1. The Morgan fingerprint density at radius 1 is 1.60 bits per heavy atom. The van der Waals surface area contributed by atoms with E-state index in [1.807, 2.05) is 0 Å². The number of ketones is 1. The molecule has 4 nitrogen and oxygen atoms in total. The second kappa shape index (κ2) is 4.00. The van der Waals surface area contributed by atoms with Gasteiger partial charge in [-0.05, 0) is 6.42 Å². The molecule has 0 spiro atoms. The van der Waals surface area contributed by atoms with E-state index in [2.05, 4.69) is 0 Å². The van der Waals surface area contributed by atoms with Crippen LogP contribution in [0.1, 0.15) is 6.42 Å². The molecule has 15 heavy (non-hydrogen) atoms. The molecule has 80 valence electrons. The van der Waals surface area contributed by atoms with Gasteiger partial charge < -0.3 is 14.9 Å². The fraction of sp³-hybridized carbons (Fsp3) is 0.364. The van der Waals surface area contributed by atoms with Gasteiger partial charge in [0.1, 0.15) is 6.10 Å². The summed E-state index contributed by atoms with van der Waals surface area (Å²) in [5.41, 5.74) is 0.955. The summed E-state index contributed by atoms with van der Waals surface area (Å²) in [6, 6.07) is 0. The summed E-state index contributed by atoms with van der Waals surface area (Å²) in [4.78, 5) is 11.6. The molecule has 0 saturated heterocycles. The number of aliphatic hydroxyl groups excluding tert-OH is 2. The molecular formula is C11H12O4. The van der Waals surface area contributed by atoms with E-state index in [9.17, 15) is 9.90 Å². The van der Waals surface area contributed by atoms with Crippen LogP contribution in [0.25, 0.3) is 0 Å². The number of carbonyl (C=O) groups excluding carboxylic acids is 1. The predicted molar refractivity (Wildman–Crippen MR) is 53.3 cm³/mol. The molecule has 0 amide bonds. The van der Waals surface area contributed by atoms with Gasteiger partial charge in [-0.3, -0.25) is 4.79 Å². The molecule has 2 rings (SSSR count). The lowest BCUT2D eigenvalue weighted by Gasteiger charge is -2.17. The SMILES string of the molecule is O=C1C(O)=C2C=CCOC2/C1=C/CCO. The summed E-state index contributed by atoms with van der Waals surface area (Å²) >= 11 is 0. The van der Waals surface area contributed by atoms with Gasteiger partial charge in [0.15, 0.2) is 5.76 Å². The number of carbonyl (C=O) groups is 1. The first-order valence-electron chi connectivity index (χ1n) is 4.82. The van der Waals surface area contributed by atoms with Gasteiger partial charge in [-0.25, -0.2) is 0 Å². The van der Waals surface area contributed by atoms with E-state index >= 15 is 0 Å². The van der Waals surface area contributed by atoms with E-state index in [1.165, 1.54) is 0 Å². The van der Waals surface area contributed by atoms with Crippen molar-refractivity contribution in [1.82, 2.24) is 0 Å². The van der Waals surface area contributed by atoms with Gasteiger partial charge in [0.05, 0.1) is 6.61 Å². The first-order valence-corrected chi connectivity index (χ1v) is 4.82. The molecule has 2 aliphatic rings. The van der Waals surface area contributed by atoms with Crippen LogP contribution >= 0.6 is 0 Å². The molecule has 0 radical (unpaired) electrons. The normalized spacial score (nSPS) is 27.7. The molecule has 1 aliphatic heterocycles. The van der Waals surface area contributed by atoms with Gasteiger partial charge in [0.2, 0.25) is 5.78 Å². The van der Waals surface area contributed by atoms with Crippen LogP contribution in [-0.2, 0) is 9.53 Å². The van der Waals surface area contributed by atoms with Crippen molar-refractivity contribution < 1.29 is 19.7 Å². The van der Waals surface area contributed by atoms with E-state index in [0.29, 0.717) is 24.2 Å². The summed E-state index contributed by atoms with van der Waals surface area (Å²) < 4.78 is 5.38. The highest BCUT2D eigenvalue weighted by Crippen LogP contribution is 2.32. The highest BCUT2D eigenvalue weighted by molar-refractivity contribution is 6.12. The van der Waals surface area contributed by atoms with Crippen LogP contribution in [0.2, 0.25) is 0 Å². The Morgan fingerprint density at radius 2 is 2.40 bits per heavy atom. The molecule has 2 N–H and O–H groups in total. The Balaban J connectivity index is 2.33. The molecular weight excluding hydrogens is 196 g/mol. The minimum Gasteiger partial charge on any atom is -0.504 e. The van der Waals surface area contributed by atoms with Crippen molar-refractivity contribution in [3.63, 3.8) is 0 Å². The van der Waals surface area contributed by atoms with Crippen LogP contribution in [0.3, 0.4) is 0 Å². The maximum atomic E-state index is 11.6. The smallest absolute Gasteiger partial charge is 0.226 e. The molecule has 0 fully saturated rings. The minimum atomic E-state index is -0.450. The molecule has 0 aromatic rings. The maximum absolute atomic E-state index is 11.6. The highest BCUT2D eigenvalue weighted by atomic mass is 16.5. The number of hydrogen-bond acceptors (Lipinski definition) is 4. The zero-order valence-electron chi connectivity index (χ0n) is 8.14. The maximum Gasteiger partial charge on any atom is 0.226 e. The monoisotopic (exact) mass is 208 g/mol. The van der Waals surface area contributed by atoms with E-state index in [4.69, 9.17) is 9.84 Å². The number of ether oxygens (including phenoxy) is 1. The second-order valence-electron chi connectivity index (χ2n) is 3.42. The van der Waals surface area contributed by atoms with Crippen molar-refractivity contribution in [2.75, 3.05) is 13.2 Å². The molecule has 1 atom stereocenters. The Kier molecular flexibility index (Phi) is 2.70. The Bertz CT molecular complexity index is 376. The molecule has 0 bridgehead atoms. The summed E-state index contributed by atoms with van der Waals surface area (Å²) in [6.07, 6.45) is 5.03. The summed E-state index contributed by atoms with van der Waals surface area (Å²) in [7, 11) is 0. The lowest BCUT2D eigenvalue weighted by atomic mass is 10.1. The Hall–Kier alpha value is -1.39. The van der Waals surface area contributed by atoms with Gasteiger partial charge in [-0.2, -0.15) is 0 Å². The van der Waals surface area contributed by atoms with Crippen LogP contribution in [0, 0.1) is 0 Å². The standard InChI is InChI=1S/C11H12O4/c12-5-1-3-7-9(13)10(14)8-4-2-6-15-11(7)8/h2-4,11-12,14H,1,5-6H2/b7-3+.